The van der Waals surface area contributed by atoms with Gasteiger partial charge in [-0.3, -0.25) is 10.5 Å². The third-order valence-electron chi connectivity index (χ3n) is 0.666. The van der Waals surface area contributed by atoms with Crippen LogP contribution in [0.15, 0.2) is 0 Å². The highest BCUT2D eigenvalue weighted by Crippen LogP contribution is 2.00. The lowest BCUT2D eigenvalue weighted by Gasteiger charge is -2.18. The Kier molecular flexibility index (Phi) is 2.65. The van der Waals surface area contributed by atoms with Crippen LogP contribution in [0.4, 0.5) is 0 Å². The van der Waals surface area contributed by atoms with Gasteiger partial charge in [-0.2, -0.15) is 0 Å². The molecule has 3 heteroatoms. The van der Waals surface area contributed by atoms with Crippen molar-refractivity contribution in [3.05, 3.63) is 0 Å². The van der Waals surface area contributed by atoms with E-state index in [2.05, 4.69) is 0 Å². The van der Waals surface area contributed by atoms with E-state index < -0.39 is 5.72 Å². The molecule has 0 atom stereocenters. The second-order valence-corrected chi connectivity index (χ2v) is 2.43. The molecular formula is C6H13NO2. The fraction of sp³-hybridized carbons (Fsp3) is 0.833. The van der Waals surface area contributed by atoms with Gasteiger partial charge in [-0.25, -0.2) is 0 Å². The number of hydrogen-bond acceptors (Lipinski definition) is 3. The Morgan fingerprint density at radius 2 is 2.11 bits per heavy atom. The molecule has 0 aliphatic heterocycles. The Bertz CT molecular complexity index is 104. The predicted molar refractivity (Wildman–Crippen MR) is 34.6 cm³/mol. The van der Waals surface area contributed by atoms with Gasteiger partial charge in [-0.05, 0) is 13.8 Å². The van der Waals surface area contributed by atoms with Crippen molar-refractivity contribution in [2.75, 3.05) is 0 Å². The van der Waals surface area contributed by atoms with Gasteiger partial charge in [0.2, 0.25) is 0 Å². The van der Waals surface area contributed by atoms with Crippen LogP contribution in [0.5, 0.6) is 0 Å². The van der Waals surface area contributed by atoms with E-state index >= 15 is 0 Å². The molecule has 9 heavy (non-hydrogen) atoms. The van der Waals surface area contributed by atoms with Gasteiger partial charge in [0.1, 0.15) is 0 Å². The van der Waals surface area contributed by atoms with E-state index in [1.807, 2.05) is 0 Å². The van der Waals surface area contributed by atoms with E-state index in [1.54, 1.807) is 20.8 Å². The average Bonchev–Trinajstić information content (AvgIpc) is 1.62. The smallest absolute Gasteiger partial charge is 0.307 e. The Morgan fingerprint density at radius 3 is 2.22 bits per heavy atom. The van der Waals surface area contributed by atoms with E-state index in [9.17, 15) is 4.79 Å². The van der Waals surface area contributed by atoms with Crippen LogP contribution >= 0.6 is 0 Å². The van der Waals surface area contributed by atoms with Crippen molar-refractivity contribution in [1.29, 1.82) is 0 Å². The van der Waals surface area contributed by atoms with Gasteiger partial charge in [0.05, 0.1) is 0 Å². The minimum absolute atomic E-state index is 0.262. The molecule has 0 amide bonds. The van der Waals surface area contributed by atoms with Crippen LogP contribution in [-0.2, 0) is 9.53 Å². The van der Waals surface area contributed by atoms with Crippen LogP contribution in [0.3, 0.4) is 0 Å². The lowest BCUT2D eigenvalue weighted by atomic mass is 10.3. The second kappa shape index (κ2) is 2.82. The third-order valence-corrected chi connectivity index (χ3v) is 0.666. The Morgan fingerprint density at radius 1 is 1.67 bits per heavy atom. The summed E-state index contributed by atoms with van der Waals surface area (Å²) in [6.45, 7) is 5.01. The highest BCUT2D eigenvalue weighted by molar-refractivity contribution is 5.69. The van der Waals surface area contributed by atoms with E-state index in [0.29, 0.717) is 6.42 Å². The van der Waals surface area contributed by atoms with Crippen molar-refractivity contribution in [3.63, 3.8) is 0 Å². The zero-order chi connectivity index (χ0) is 7.49. The summed E-state index contributed by atoms with van der Waals surface area (Å²) >= 11 is 0. The highest BCUT2D eigenvalue weighted by atomic mass is 16.6. The van der Waals surface area contributed by atoms with Gasteiger partial charge >= 0.3 is 5.97 Å². The van der Waals surface area contributed by atoms with E-state index in [1.165, 1.54) is 0 Å². The fourth-order valence-corrected chi connectivity index (χ4v) is 0.366. The molecule has 0 fully saturated rings. The first-order chi connectivity index (χ1) is 3.95. The van der Waals surface area contributed by atoms with Crippen molar-refractivity contribution in [2.45, 2.75) is 32.9 Å². The lowest BCUT2D eigenvalue weighted by Crippen LogP contribution is -2.37. The molecular weight excluding hydrogens is 118 g/mol. The molecule has 2 N–H and O–H groups in total. The average molecular weight is 131 g/mol. The largest absolute Gasteiger partial charge is 0.445 e. The molecule has 0 saturated carbocycles. The molecule has 0 aliphatic carbocycles. The molecule has 0 spiro atoms. The molecule has 0 aromatic carbocycles. The molecule has 0 aromatic rings. The maximum absolute atomic E-state index is 10.5. The second-order valence-electron chi connectivity index (χ2n) is 2.43. The number of hydrogen-bond donors (Lipinski definition) is 1. The number of nitrogens with two attached hydrogens (primary N) is 1. The minimum atomic E-state index is -0.826. The predicted octanol–water partition coefficient (Wildman–Crippen LogP) is 0.634. The Balaban J connectivity index is 3.60. The number of ether oxygens (including phenoxy) is 1. The summed E-state index contributed by atoms with van der Waals surface area (Å²) in [6, 6.07) is 0. The van der Waals surface area contributed by atoms with Crippen LogP contribution in [-0.4, -0.2) is 11.7 Å². The van der Waals surface area contributed by atoms with Crippen molar-refractivity contribution < 1.29 is 9.53 Å². The van der Waals surface area contributed by atoms with Crippen LogP contribution in [0, 0.1) is 0 Å². The zero-order valence-corrected chi connectivity index (χ0v) is 6.10. The third kappa shape index (κ3) is 5.30. The van der Waals surface area contributed by atoms with Gasteiger partial charge in [0.15, 0.2) is 5.72 Å². The van der Waals surface area contributed by atoms with Crippen molar-refractivity contribution in [3.8, 4) is 0 Å². The molecule has 0 aliphatic rings. The summed E-state index contributed by atoms with van der Waals surface area (Å²) < 4.78 is 4.73. The molecule has 0 bridgehead atoms. The first-order valence-corrected chi connectivity index (χ1v) is 2.96. The first kappa shape index (κ1) is 8.43. The van der Waals surface area contributed by atoms with E-state index in [0.717, 1.165) is 0 Å². The van der Waals surface area contributed by atoms with Gasteiger partial charge < -0.3 is 4.74 Å². The van der Waals surface area contributed by atoms with Crippen LogP contribution < -0.4 is 5.73 Å². The molecule has 0 saturated heterocycles. The summed E-state index contributed by atoms with van der Waals surface area (Å²) in [5.41, 5.74) is 4.54. The molecule has 0 radical (unpaired) electrons. The molecule has 54 valence electrons. The highest BCUT2D eigenvalue weighted by Gasteiger charge is 2.14. The zero-order valence-electron chi connectivity index (χ0n) is 6.10. The lowest BCUT2D eigenvalue weighted by molar-refractivity contribution is -0.155. The van der Waals surface area contributed by atoms with Crippen LogP contribution in [0.1, 0.15) is 27.2 Å². The van der Waals surface area contributed by atoms with Gasteiger partial charge in [0, 0.05) is 6.42 Å². The topological polar surface area (TPSA) is 52.3 Å². The maximum Gasteiger partial charge on any atom is 0.307 e. The van der Waals surface area contributed by atoms with Gasteiger partial charge in [-0.1, -0.05) is 6.92 Å². The normalized spacial score (nSPS) is 11.1. The SMILES string of the molecule is CCC(=O)OC(C)(C)N. The van der Waals surface area contributed by atoms with Gasteiger partial charge in [-0.15, -0.1) is 0 Å². The minimum Gasteiger partial charge on any atom is -0.445 e. The number of esters is 1. The van der Waals surface area contributed by atoms with Gasteiger partial charge in [0.25, 0.3) is 0 Å². The maximum atomic E-state index is 10.5. The van der Waals surface area contributed by atoms with Crippen LogP contribution in [0.2, 0.25) is 0 Å². The molecule has 3 nitrogen and oxygen atoms in total. The summed E-state index contributed by atoms with van der Waals surface area (Å²) in [5, 5.41) is 0. The number of carbonyl (C=O) groups is 1. The van der Waals surface area contributed by atoms with E-state index in [4.69, 9.17) is 10.5 Å². The summed E-state index contributed by atoms with van der Waals surface area (Å²) in [5.74, 6) is -0.262. The molecule has 0 heterocycles. The van der Waals surface area contributed by atoms with Crippen molar-refractivity contribution in [2.24, 2.45) is 5.73 Å². The monoisotopic (exact) mass is 131 g/mol. The fourth-order valence-electron chi connectivity index (χ4n) is 0.366. The quantitative estimate of drug-likeness (QED) is 0.442. The summed E-state index contributed by atoms with van der Waals surface area (Å²) in [6.07, 6.45) is 0.376. The summed E-state index contributed by atoms with van der Waals surface area (Å²) in [7, 11) is 0. The number of rotatable bonds is 2. The summed E-state index contributed by atoms with van der Waals surface area (Å²) in [4.78, 5) is 10.5. The first-order valence-electron chi connectivity index (χ1n) is 2.96. The van der Waals surface area contributed by atoms with Crippen molar-refractivity contribution >= 4 is 5.97 Å². The number of carbonyl (C=O) groups excluding carboxylic acids is 1. The molecule has 0 aromatic heterocycles. The Hall–Kier alpha value is -0.570. The van der Waals surface area contributed by atoms with Crippen LogP contribution in [0.25, 0.3) is 0 Å². The van der Waals surface area contributed by atoms with Crippen molar-refractivity contribution in [1.82, 2.24) is 0 Å². The molecule has 0 unspecified atom stereocenters. The standard InChI is InChI=1S/C6H13NO2/c1-4-5(8)9-6(2,3)7/h4,7H2,1-3H3. The molecule has 0 rings (SSSR count). The van der Waals surface area contributed by atoms with E-state index in [-0.39, 0.29) is 5.97 Å². The Labute approximate surface area is 55.2 Å².